The van der Waals surface area contributed by atoms with Gasteiger partial charge in [-0.15, -0.1) is 0 Å². The van der Waals surface area contributed by atoms with Crippen molar-refractivity contribution in [3.8, 4) is 0 Å². The fraction of sp³-hybridized carbons (Fsp3) is 0.300. The lowest BCUT2D eigenvalue weighted by molar-refractivity contribution is 0.131. The average molecular weight is 193 g/mol. The molecule has 3 N–H and O–H groups in total. The molecule has 0 aromatic heterocycles. The van der Waals surface area contributed by atoms with Crippen molar-refractivity contribution in [2.24, 2.45) is 0 Å². The number of hydrogen-bond acceptors (Lipinski definition) is 2. The van der Waals surface area contributed by atoms with Crippen LogP contribution < -0.4 is 5.32 Å². The van der Waals surface area contributed by atoms with Crippen LogP contribution in [-0.4, -0.2) is 22.3 Å². The first-order valence-corrected chi connectivity index (χ1v) is 4.44. The quantitative estimate of drug-likeness (QED) is 0.621. The highest BCUT2D eigenvalue weighted by molar-refractivity contribution is 5.65. The van der Waals surface area contributed by atoms with E-state index in [0.29, 0.717) is 6.42 Å². The van der Waals surface area contributed by atoms with Gasteiger partial charge in [-0.2, -0.15) is 0 Å². The zero-order chi connectivity index (χ0) is 10.1. The van der Waals surface area contributed by atoms with E-state index in [4.69, 9.17) is 5.11 Å². The molecule has 1 aromatic carbocycles. The van der Waals surface area contributed by atoms with Crippen LogP contribution in [0.4, 0.5) is 4.79 Å². The molecule has 2 atom stereocenters. The molecule has 0 saturated heterocycles. The number of aliphatic hydroxyl groups is 1. The molecule has 74 valence electrons. The Morgan fingerprint density at radius 1 is 1.43 bits per heavy atom. The van der Waals surface area contributed by atoms with Crippen LogP contribution in [0.25, 0.3) is 0 Å². The Bertz CT molecular complexity index is 364. The van der Waals surface area contributed by atoms with Gasteiger partial charge in [-0.25, -0.2) is 4.79 Å². The third kappa shape index (κ3) is 1.44. The van der Waals surface area contributed by atoms with Crippen LogP contribution in [0.3, 0.4) is 0 Å². The molecule has 0 heterocycles. The van der Waals surface area contributed by atoms with Crippen molar-refractivity contribution in [3.63, 3.8) is 0 Å². The van der Waals surface area contributed by atoms with E-state index in [1.165, 1.54) is 0 Å². The van der Waals surface area contributed by atoms with Gasteiger partial charge in [0.15, 0.2) is 0 Å². The van der Waals surface area contributed by atoms with Crippen molar-refractivity contribution >= 4 is 6.09 Å². The summed E-state index contributed by atoms with van der Waals surface area (Å²) in [7, 11) is 0. The summed E-state index contributed by atoms with van der Waals surface area (Å²) in [5, 5.41) is 20.6. The highest BCUT2D eigenvalue weighted by Gasteiger charge is 2.31. The predicted octanol–water partition coefficient (Wildman–Crippen LogP) is 0.912. The standard InChI is InChI=1S/C10H11NO3/c12-9-7-4-2-1-3-6(7)5-8(9)11-10(13)14/h1-4,8-9,11-12H,5H2,(H,13,14). The van der Waals surface area contributed by atoms with Crippen LogP contribution in [0.2, 0.25) is 0 Å². The van der Waals surface area contributed by atoms with Crippen LogP contribution in [0.1, 0.15) is 17.2 Å². The lowest BCUT2D eigenvalue weighted by atomic mass is 10.1. The number of amides is 1. The summed E-state index contributed by atoms with van der Waals surface area (Å²) in [5.41, 5.74) is 1.84. The summed E-state index contributed by atoms with van der Waals surface area (Å²) >= 11 is 0. The average Bonchev–Trinajstić information content (AvgIpc) is 2.44. The van der Waals surface area contributed by atoms with Crippen LogP contribution in [-0.2, 0) is 6.42 Å². The molecule has 2 rings (SSSR count). The van der Waals surface area contributed by atoms with Gasteiger partial charge in [0.1, 0.15) is 0 Å². The van der Waals surface area contributed by atoms with E-state index in [-0.39, 0.29) is 0 Å². The number of fused-ring (bicyclic) bond motifs is 1. The highest BCUT2D eigenvalue weighted by atomic mass is 16.4. The highest BCUT2D eigenvalue weighted by Crippen LogP contribution is 2.30. The molecule has 2 unspecified atom stereocenters. The van der Waals surface area contributed by atoms with E-state index in [2.05, 4.69) is 5.32 Å². The van der Waals surface area contributed by atoms with Crippen molar-refractivity contribution in [1.29, 1.82) is 0 Å². The normalized spacial score (nSPS) is 24.4. The topological polar surface area (TPSA) is 69.6 Å². The summed E-state index contributed by atoms with van der Waals surface area (Å²) in [6.07, 6.45) is -1.26. The van der Waals surface area contributed by atoms with E-state index in [1.54, 1.807) is 0 Å². The molecule has 1 aromatic rings. The van der Waals surface area contributed by atoms with E-state index < -0.39 is 18.2 Å². The van der Waals surface area contributed by atoms with Gasteiger partial charge in [0.25, 0.3) is 0 Å². The number of rotatable bonds is 1. The Kier molecular flexibility index (Phi) is 2.13. The number of benzene rings is 1. The molecule has 0 radical (unpaired) electrons. The van der Waals surface area contributed by atoms with Crippen LogP contribution >= 0.6 is 0 Å². The zero-order valence-corrected chi connectivity index (χ0v) is 7.47. The fourth-order valence-corrected chi connectivity index (χ4v) is 1.86. The minimum absolute atomic E-state index is 0.412. The van der Waals surface area contributed by atoms with Gasteiger partial charge < -0.3 is 15.5 Å². The van der Waals surface area contributed by atoms with Crippen LogP contribution in [0.15, 0.2) is 24.3 Å². The molecule has 0 fully saturated rings. The number of hydrogen-bond donors (Lipinski definition) is 3. The molecular weight excluding hydrogens is 182 g/mol. The molecule has 4 nitrogen and oxygen atoms in total. The Morgan fingerprint density at radius 3 is 2.79 bits per heavy atom. The second kappa shape index (κ2) is 3.31. The number of carbonyl (C=O) groups is 1. The second-order valence-corrected chi connectivity index (χ2v) is 3.40. The Labute approximate surface area is 81.2 Å². The van der Waals surface area contributed by atoms with Crippen molar-refractivity contribution in [2.75, 3.05) is 0 Å². The van der Waals surface area contributed by atoms with Gasteiger partial charge in [-0.05, 0) is 17.5 Å². The van der Waals surface area contributed by atoms with Gasteiger partial charge in [-0.1, -0.05) is 24.3 Å². The lowest BCUT2D eigenvalue weighted by Crippen LogP contribution is -2.36. The summed E-state index contributed by atoms with van der Waals surface area (Å²) in [4.78, 5) is 10.4. The van der Waals surface area contributed by atoms with E-state index in [1.807, 2.05) is 24.3 Å². The first kappa shape index (κ1) is 9.02. The second-order valence-electron chi connectivity index (χ2n) is 3.40. The summed E-state index contributed by atoms with van der Waals surface area (Å²) in [5.74, 6) is 0. The van der Waals surface area contributed by atoms with Crippen molar-refractivity contribution in [1.82, 2.24) is 5.32 Å². The first-order chi connectivity index (χ1) is 6.68. The third-order valence-electron chi connectivity index (χ3n) is 2.50. The molecule has 1 aliphatic rings. The molecule has 0 bridgehead atoms. The molecule has 4 heteroatoms. The molecule has 0 saturated carbocycles. The van der Waals surface area contributed by atoms with E-state index in [9.17, 15) is 9.90 Å². The van der Waals surface area contributed by atoms with E-state index in [0.717, 1.165) is 11.1 Å². The maximum Gasteiger partial charge on any atom is 0.404 e. The van der Waals surface area contributed by atoms with Gasteiger partial charge in [-0.3, -0.25) is 0 Å². The molecule has 1 aliphatic carbocycles. The Hall–Kier alpha value is -1.55. The smallest absolute Gasteiger partial charge is 0.404 e. The lowest BCUT2D eigenvalue weighted by Gasteiger charge is -2.14. The zero-order valence-electron chi connectivity index (χ0n) is 7.47. The number of nitrogens with one attached hydrogen (secondary N) is 1. The van der Waals surface area contributed by atoms with Crippen LogP contribution in [0, 0.1) is 0 Å². The number of carboxylic acid groups (broad SMARTS) is 1. The molecule has 0 aliphatic heterocycles. The minimum Gasteiger partial charge on any atom is -0.465 e. The van der Waals surface area contributed by atoms with Gasteiger partial charge in [0.05, 0.1) is 12.1 Å². The first-order valence-electron chi connectivity index (χ1n) is 4.44. The molecular formula is C10H11NO3. The van der Waals surface area contributed by atoms with Crippen LogP contribution in [0.5, 0.6) is 0 Å². The monoisotopic (exact) mass is 193 g/mol. The van der Waals surface area contributed by atoms with Gasteiger partial charge in [0, 0.05) is 0 Å². The largest absolute Gasteiger partial charge is 0.465 e. The van der Waals surface area contributed by atoms with Crippen molar-refractivity contribution in [2.45, 2.75) is 18.6 Å². The van der Waals surface area contributed by atoms with Crippen molar-refractivity contribution in [3.05, 3.63) is 35.4 Å². The van der Waals surface area contributed by atoms with Gasteiger partial charge >= 0.3 is 6.09 Å². The fourth-order valence-electron chi connectivity index (χ4n) is 1.86. The maximum atomic E-state index is 10.4. The summed E-state index contributed by atoms with van der Waals surface area (Å²) in [6, 6.07) is 7.04. The van der Waals surface area contributed by atoms with Crippen molar-refractivity contribution < 1.29 is 15.0 Å². The summed E-state index contributed by atoms with van der Waals surface area (Å²) in [6.45, 7) is 0. The third-order valence-corrected chi connectivity index (χ3v) is 2.50. The Morgan fingerprint density at radius 2 is 2.14 bits per heavy atom. The molecule has 1 amide bonds. The van der Waals surface area contributed by atoms with E-state index >= 15 is 0 Å². The molecule has 0 spiro atoms. The minimum atomic E-state index is -1.10. The number of aliphatic hydroxyl groups excluding tert-OH is 1. The van der Waals surface area contributed by atoms with Gasteiger partial charge in [0.2, 0.25) is 0 Å². The predicted molar refractivity (Wildman–Crippen MR) is 50.1 cm³/mol. The SMILES string of the molecule is O=C(O)NC1Cc2ccccc2C1O. The molecule has 14 heavy (non-hydrogen) atoms. The Balaban J connectivity index is 2.21. The summed E-state index contributed by atoms with van der Waals surface area (Å²) < 4.78 is 0. The maximum absolute atomic E-state index is 10.4.